The smallest absolute Gasteiger partial charge is 0.141 e. The lowest BCUT2D eigenvalue weighted by molar-refractivity contribution is 0.163. The summed E-state index contributed by atoms with van der Waals surface area (Å²) < 4.78 is 30.5. The molecule has 8 heteroatoms. The maximum absolute atomic E-state index is 14.8. The van der Waals surface area contributed by atoms with Gasteiger partial charge in [0.15, 0.2) is 0 Å². The molecule has 0 saturated carbocycles. The minimum Gasteiger partial charge on any atom is -0.396 e. The first-order valence-corrected chi connectivity index (χ1v) is 10.2. The van der Waals surface area contributed by atoms with Gasteiger partial charge in [-0.05, 0) is 29.3 Å². The highest BCUT2D eigenvalue weighted by Crippen LogP contribution is 2.30. The molecule has 0 aliphatic rings. The molecule has 4 N–H and O–H groups in total. The first-order chi connectivity index (χ1) is 13.8. The number of hydrogen-bond donors (Lipinski definition) is 3. The van der Waals surface area contributed by atoms with Crippen molar-refractivity contribution in [1.82, 2.24) is 14.7 Å². The molecule has 29 heavy (non-hydrogen) atoms. The van der Waals surface area contributed by atoms with Crippen molar-refractivity contribution in [3.8, 4) is 22.4 Å². The molecule has 3 aromatic rings. The summed E-state index contributed by atoms with van der Waals surface area (Å²) >= 11 is 0. The summed E-state index contributed by atoms with van der Waals surface area (Å²) in [6.07, 6.45) is 2.80. The van der Waals surface area contributed by atoms with E-state index >= 15 is 0 Å². The monoisotopic (exact) mass is 414 g/mol. The number of rotatable bonds is 7. The molecular formula is C21H23FN4O2S. The lowest BCUT2D eigenvalue weighted by atomic mass is 9.96. The Bertz CT molecular complexity index is 1030. The molecule has 0 aliphatic carbocycles. The van der Waals surface area contributed by atoms with Crippen molar-refractivity contribution < 1.29 is 13.7 Å². The molecule has 2 aromatic carbocycles. The quantitative estimate of drug-likeness (QED) is 0.551. The summed E-state index contributed by atoms with van der Waals surface area (Å²) in [6.45, 7) is 4.09. The fraction of sp³-hybridized carbons (Fsp3) is 0.238. The maximum atomic E-state index is 14.8. The second kappa shape index (κ2) is 8.77. The molecule has 1 unspecified atom stereocenters. The topological polar surface area (TPSA) is 101 Å². The molecule has 1 aromatic heterocycles. The molecule has 1 heterocycles. The van der Waals surface area contributed by atoms with Crippen molar-refractivity contribution in [2.45, 2.75) is 18.7 Å². The van der Waals surface area contributed by atoms with E-state index in [-0.39, 0.29) is 12.4 Å². The van der Waals surface area contributed by atoms with Crippen LogP contribution in [0.4, 0.5) is 10.2 Å². The molecule has 0 fully saturated rings. The van der Waals surface area contributed by atoms with Crippen molar-refractivity contribution in [3.05, 3.63) is 60.7 Å². The molecule has 0 saturated heterocycles. The number of anilines is 1. The van der Waals surface area contributed by atoms with Crippen molar-refractivity contribution in [2.24, 2.45) is 5.41 Å². The molecule has 1 atom stereocenters. The Morgan fingerprint density at radius 1 is 1.14 bits per heavy atom. The van der Waals surface area contributed by atoms with Gasteiger partial charge in [0.25, 0.3) is 0 Å². The van der Waals surface area contributed by atoms with Crippen LogP contribution >= 0.6 is 0 Å². The van der Waals surface area contributed by atoms with Gasteiger partial charge in [0, 0.05) is 24.1 Å². The minimum absolute atomic E-state index is 0.0282. The molecule has 0 bridgehead atoms. The highest BCUT2D eigenvalue weighted by atomic mass is 32.2. The number of benzene rings is 2. The number of aliphatic hydroxyl groups is 1. The number of aliphatic hydroxyl groups excluding tert-OH is 1. The van der Waals surface area contributed by atoms with E-state index in [9.17, 15) is 13.7 Å². The van der Waals surface area contributed by atoms with Gasteiger partial charge in [-0.2, -0.15) is 0 Å². The third kappa shape index (κ3) is 5.03. The molecule has 6 nitrogen and oxygen atoms in total. The molecular weight excluding hydrogens is 391 g/mol. The summed E-state index contributed by atoms with van der Waals surface area (Å²) in [5.41, 5.74) is 7.08. The van der Waals surface area contributed by atoms with E-state index in [4.69, 9.17) is 5.73 Å². The van der Waals surface area contributed by atoms with Crippen LogP contribution in [0.1, 0.15) is 13.8 Å². The third-order valence-corrected chi connectivity index (χ3v) is 5.59. The van der Waals surface area contributed by atoms with Gasteiger partial charge in [-0.15, -0.1) is 0 Å². The maximum Gasteiger partial charge on any atom is 0.141 e. The van der Waals surface area contributed by atoms with Gasteiger partial charge in [0.1, 0.15) is 22.6 Å². The lowest BCUT2D eigenvalue weighted by Crippen LogP contribution is -2.33. The highest BCUT2D eigenvalue weighted by Gasteiger charge is 2.19. The Balaban J connectivity index is 1.90. The average molecular weight is 415 g/mol. The van der Waals surface area contributed by atoms with Crippen molar-refractivity contribution in [2.75, 3.05) is 18.9 Å². The molecule has 152 valence electrons. The first kappa shape index (κ1) is 21.0. The SMILES string of the molecule is CC(C)(CO)CNS(=O)c1ccccc1-c1ccc(-c2cnc(N)cn2)c(F)c1. The van der Waals surface area contributed by atoms with Crippen LogP contribution in [0.15, 0.2) is 59.8 Å². The fourth-order valence-electron chi connectivity index (χ4n) is 2.63. The van der Waals surface area contributed by atoms with Crippen LogP contribution in [0.5, 0.6) is 0 Å². The van der Waals surface area contributed by atoms with Crippen LogP contribution in [0, 0.1) is 11.2 Å². The van der Waals surface area contributed by atoms with Gasteiger partial charge in [-0.3, -0.25) is 4.98 Å². The zero-order chi connectivity index (χ0) is 21.0. The normalized spacial score (nSPS) is 12.7. The van der Waals surface area contributed by atoms with Gasteiger partial charge in [0.2, 0.25) is 0 Å². The minimum atomic E-state index is -1.51. The largest absolute Gasteiger partial charge is 0.396 e. The van der Waals surface area contributed by atoms with E-state index in [1.54, 1.807) is 30.3 Å². The second-order valence-corrected chi connectivity index (χ2v) is 8.70. The fourth-order valence-corrected chi connectivity index (χ4v) is 3.89. The molecule has 0 spiro atoms. The van der Waals surface area contributed by atoms with Crippen LogP contribution in [-0.4, -0.2) is 32.4 Å². The average Bonchev–Trinajstić information content (AvgIpc) is 2.73. The first-order valence-electron chi connectivity index (χ1n) is 9.04. The number of nitrogens with zero attached hydrogens (tertiary/aromatic N) is 2. The predicted octanol–water partition coefficient (Wildman–Crippen LogP) is 3.16. The van der Waals surface area contributed by atoms with E-state index < -0.39 is 22.2 Å². The Kier molecular flexibility index (Phi) is 6.36. The standard InChI is InChI=1S/C21H23FN4O2S/c1-21(2,13-27)12-26-29(28)19-6-4-3-5-15(19)14-7-8-16(17(22)9-14)18-10-25-20(23)11-24-18/h3-11,26-27H,12-13H2,1-2H3,(H2,23,25). The molecule has 0 aliphatic heterocycles. The van der Waals surface area contributed by atoms with Crippen LogP contribution in [0.2, 0.25) is 0 Å². The van der Waals surface area contributed by atoms with E-state index in [2.05, 4.69) is 14.7 Å². The van der Waals surface area contributed by atoms with Crippen LogP contribution in [-0.2, 0) is 11.0 Å². The van der Waals surface area contributed by atoms with Crippen molar-refractivity contribution in [1.29, 1.82) is 0 Å². The Hall–Kier alpha value is -2.68. The van der Waals surface area contributed by atoms with Crippen LogP contribution in [0.3, 0.4) is 0 Å². The number of hydrogen-bond acceptors (Lipinski definition) is 5. The van der Waals surface area contributed by atoms with E-state index in [0.29, 0.717) is 33.8 Å². The van der Waals surface area contributed by atoms with E-state index in [0.717, 1.165) is 0 Å². The zero-order valence-corrected chi connectivity index (χ0v) is 17.0. The van der Waals surface area contributed by atoms with Crippen molar-refractivity contribution in [3.63, 3.8) is 0 Å². The van der Waals surface area contributed by atoms with Crippen molar-refractivity contribution >= 4 is 16.8 Å². The Labute approximate surface area is 171 Å². The number of nitrogens with one attached hydrogen (secondary N) is 1. The van der Waals surface area contributed by atoms with Gasteiger partial charge in [0.05, 0.1) is 23.0 Å². The summed E-state index contributed by atoms with van der Waals surface area (Å²) in [4.78, 5) is 8.59. The summed E-state index contributed by atoms with van der Waals surface area (Å²) in [7, 11) is -1.51. The van der Waals surface area contributed by atoms with Gasteiger partial charge < -0.3 is 10.8 Å². The zero-order valence-electron chi connectivity index (χ0n) is 16.2. The number of aromatic nitrogens is 2. The predicted molar refractivity (Wildman–Crippen MR) is 113 cm³/mol. The summed E-state index contributed by atoms with van der Waals surface area (Å²) in [5, 5.41) is 9.38. The Morgan fingerprint density at radius 2 is 1.90 bits per heavy atom. The molecule has 3 rings (SSSR count). The summed E-state index contributed by atoms with van der Waals surface area (Å²) in [6, 6.07) is 11.9. The number of halogens is 1. The summed E-state index contributed by atoms with van der Waals surface area (Å²) in [5.74, 6) is -0.199. The second-order valence-electron chi connectivity index (χ2n) is 7.43. The van der Waals surface area contributed by atoms with Gasteiger partial charge in [-0.25, -0.2) is 18.3 Å². The number of nitrogens with two attached hydrogens (primary N) is 1. The van der Waals surface area contributed by atoms with Gasteiger partial charge in [-0.1, -0.05) is 38.1 Å². The van der Waals surface area contributed by atoms with E-state index in [1.165, 1.54) is 18.5 Å². The highest BCUT2D eigenvalue weighted by molar-refractivity contribution is 7.83. The van der Waals surface area contributed by atoms with Crippen LogP contribution < -0.4 is 10.5 Å². The van der Waals surface area contributed by atoms with Gasteiger partial charge >= 0.3 is 0 Å². The molecule has 0 radical (unpaired) electrons. The van der Waals surface area contributed by atoms with Crippen LogP contribution in [0.25, 0.3) is 22.4 Å². The lowest BCUT2D eigenvalue weighted by Gasteiger charge is -2.22. The molecule has 0 amide bonds. The third-order valence-electron chi connectivity index (χ3n) is 4.42. The Morgan fingerprint density at radius 3 is 2.55 bits per heavy atom. The number of nitrogen functional groups attached to an aromatic ring is 1. The van der Waals surface area contributed by atoms with E-state index in [1.807, 2.05) is 19.9 Å².